The highest BCUT2D eigenvalue weighted by atomic mass is 28.5. The van der Waals surface area contributed by atoms with Gasteiger partial charge in [-0.15, -0.1) is 0 Å². The molecule has 0 aliphatic carbocycles. The highest BCUT2D eigenvalue weighted by molar-refractivity contribution is 6.85. The predicted molar refractivity (Wildman–Crippen MR) is 76.8 cm³/mol. The lowest BCUT2D eigenvalue weighted by molar-refractivity contribution is 0.0509. The molecule has 8 heteroatoms. The quantitative estimate of drug-likeness (QED) is 0.574. The van der Waals surface area contributed by atoms with Crippen molar-refractivity contribution >= 4 is 17.6 Å². The summed E-state index contributed by atoms with van der Waals surface area (Å²) in [7, 11) is 3.56. The van der Waals surface area contributed by atoms with Gasteiger partial charge in [0.1, 0.15) is 4.66 Å². The van der Waals surface area contributed by atoms with Crippen LogP contribution in [0, 0.1) is 0 Å². The molecular formula is C11H28O6Si2. The molecule has 0 unspecified atom stereocenters. The summed E-state index contributed by atoms with van der Waals surface area (Å²) in [5.41, 5.74) is 0. The molecular weight excluding hydrogens is 284 g/mol. The van der Waals surface area contributed by atoms with Gasteiger partial charge in [0, 0.05) is 42.7 Å². The van der Waals surface area contributed by atoms with Gasteiger partial charge in [-0.3, -0.25) is 0 Å². The number of hydrogen-bond donors (Lipinski definition) is 0. The molecule has 0 aromatic carbocycles. The van der Waals surface area contributed by atoms with Crippen LogP contribution in [0.1, 0.15) is 26.7 Å². The van der Waals surface area contributed by atoms with Crippen LogP contribution in [0.4, 0.5) is 0 Å². The second-order valence-electron chi connectivity index (χ2n) is 4.13. The molecule has 0 heterocycles. The van der Waals surface area contributed by atoms with Crippen LogP contribution < -0.4 is 0 Å². The molecule has 0 rings (SSSR count). The highest BCUT2D eigenvalue weighted by Crippen LogP contribution is 2.53. The van der Waals surface area contributed by atoms with E-state index in [2.05, 4.69) is 0 Å². The molecule has 0 aromatic heterocycles. The number of rotatable bonds is 10. The summed E-state index contributed by atoms with van der Waals surface area (Å²) < 4.78 is 33.6. The molecule has 116 valence electrons. The maximum absolute atomic E-state index is 5.68. The maximum Gasteiger partial charge on any atom is 0.511 e. The van der Waals surface area contributed by atoms with Gasteiger partial charge in [0.05, 0.1) is 0 Å². The third kappa shape index (κ3) is 2.68. The molecule has 0 atom stereocenters. The van der Waals surface area contributed by atoms with Crippen LogP contribution in [0.15, 0.2) is 0 Å². The van der Waals surface area contributed by atoms with Gasteiger partial charge in [-0.25, -0.2) is 0 Å². The van der Waals surface area contributed by atoms with Crippen molar-refractivity contribution in [1.82, 2.24) is 0 Å². The number of hydrogen-bond acceptors (Lipinski definition) is 6. The molecule has 0 radical (unpaired) electrons. The van der Waals surface area contributed by atoms with E-state index in [-0.39, 0.29) is 0 Å². The van der Waals surface area contributed by atoms with Crippen LogP contribution >= 0.6 is 0 Å². The van der Waals surface area contributed by atoms with Gasteiger partial charge >= 0.3 is 17.6 Å². The summed E-state index contributed by atoms with van der Waals surface area (Å²) in [5.74, 6) is 0. The van der Waals surface area contributed by atoms with Crippen LogP contribution in [0.5, 0.6) is 0 Å². The average molecular weight is 313 g/mol. The summed E-state index contributed by atoms with van der Waals surface area (Å²) in [6.07, 6.45) is 1.43. The molecule has 0 aromatic rings. The van der Waals surface area contributed by atoms with Crippen LogP contribution in [0.3, 0.4) is 0 Å². The fraction of sp³-hybridized carbons (Fsp3) is 1.00. The van der Waals surface area contributed by atoms with Gasteiger partial charge in [0.25, 0.3) is 0 Å². The van der Waals surface area contributed by atoms with Crippen molar-refractivity contribution in [3.05, 3.63) is 0 Å². The Kier molecular flexibility index (Phi) is 7.92. The van der Waals surface area contributed by atoms with Crippen molar-refractivity contribution in [1.29, 1.82) is 0 Å². The first-order valence-corrected chi connectivity index (χ1v) is 9.75. The molecule has 0 saturated heterocycles. The summed E-state index contributed by atoms with van der Waals surface area (Å²) in [5, 5.41) is 0. The minimum atomic E-state index is -3.01. The largest absolute Gasteiger partial charge is 0.511 e. The van der Waals surface area contributed by atoms with Crippen molar-refractivity contribution in [2.45, 2.75) is 31.4 Å². The molecule has 0 aliphatic heterocycles. The molecule has 0 aliphatic rings. The van der Waals surface area contributed by atoms with E-state index in [0.717, 1.165) is 0 Å². The van der Waals surface area contributed by atoms with E-state index in [0.29, 0.717) is 12.8 Å². The lowest BCUT2D eigenvalue weighted by Crippen LogP contribution is -2.69. The highest BCUT2D eigenvalue weighted by Gasteiger charge is 2.74. The Morgan fingerprint density at radius 2 is 0.789 bits per heavy atom. The Balaban J connectivity index is 6.08. The lowest BCUT2D eigenvalue weighted by Gasteiger charge is -2.48. The summed E-state index contributed by atoms with van der Waals surface area (Å²) in [6, 6.07) is 0. The summed E-state index contributed by atoms with van der Waals surface area (Å²) >= 11 is 0. The maximum atomic E-state index is 5.68. The van der Waals surface area contributed by atoms with Crippen LogP contribution in [0.25, 0.3) is 0 Å². The normalized spacial score (nSPS) is 13.9. The third-order valence-electron chi connectivity index (χ3n) is 3.99. The van der Waals surface area contributed by atoms with E-state index in [1.165, 1.54) is 0 Å². The topological polar surface area (TPSA) is 55.4 Å². The molecule has 0 amide bonds. The zero-order chi connectivity index (χ0) is 15.2. The first kappa shape index (κ1) is 19.2. The fourth-order valence-corrected chi connectivity index (χ4v) is 11.4. The summed E-state index contributed by atoms with van der Waals surface area (Å²) in [4.78, 5) is 0. The second-order valence-corrected chi connectivity index (χ2v) is 11.2. The SMILES string of the molecule is CCC(CC)([Si](OC)(OC)OC)[Si](OC)(OC)OC. The Hall–Kier alpha value is 0.194. The zero-order valence-corrected chi connectivity index (χ0v) is 15.4. The van der Waals surface area contributed by atoms with Gasteiger partial charge in [0.2, 0.25) is 0 Å². The zero-order valence-electron chi connectivity index (χ0n) is 13.4. The first-order chi connectivity index (χ1) is 8.99. The standard InChI is InChI=1S/C11H28O6Si2/c1-9-11(10-2,18(12-3,13-4)14-5)19(15-6,16-7)17-8/h9-10H2,1-8H3. The van der Waals surface area contributed by atoms with Crippen LogP contribution in [-0.2, 0) is 26.6 Å². The first-order valence-electron chi connectivity index (χ1n) is 6.30. The molecule has 0 bridgehead atoms. The van der Waals surface area contributed by atoms with Crippen molar-refractivity contribution in [2.75, 3.05) is 42.7 Å². The average Bonchev–Trinajstić information content (AvgIpc) is 2.49. The Morgan fingerprint density at radius 3 is 0.895 bits per heavy atom. The molecule has 0 spiro atoms. The van der Waals surface area contributed by atoms with E-state index in [9.17, 15) is 0 Å². The van der Waals surface area contributed by atoms with Gasteiger partial charge in [0.15, 0.2) is 0 Å². The van der Waals surface area contributed by atoms with E-state index in [1.807, 2.05) is 13.8 Å². The van der Waals surface area contributed by atoms with Gasteiger partial charge in [-0.1, -0.05) is 13.8 Å². The minimum Gasteiger partial charge on any atom is -0.377 e. The van der Waals surface area contributed by atoms with Crippen molar-refractivity contribution < 1.29 is 26.6 Å². The molecule has 19 heavy (non-hydrogen) atoms. The van der Waals surface area contributed by atoms with Crippen molar-refractivity contribution in [2.24, 2.45) is 0 Å². The molecule has 0 saturated carbocycles. The monoisotopic (exact) mass is 312 g/mol. The summed E-state index contributed by atoms with van der Waals surface area (Å²) in [6.45, 7) is 4.09. The van der Waals surface area contributed by atoms with Crippen molar-refractivity contribution in [3.63, 3.8) is 0 Å². The predicted octanol–water partition coefficient (Wildman–Crippen LogP) is 1.84. The van der Waals surface area contributed by atoms with Gasteiger partial charge < -0.3 is 26.6 Å². The third-order valence-corrected chi connectivity index (χ3v) is 12.8. The van der Waals surface area contributed by atoms with E-state index in [4.69, 9.17) is 26.6 Å². The van der Waals surface area contributed by atoms with Crippen molar-refractivity contribution in [3.8, 4) is 0 Å². The van der Waals surface area contributed by atoms with E-state index >= 15 is 0 Å². The molecule has 0 N–H and O–H groups in total. The van der Waals surface area contributed by atoms with Gasteiger partial charge in [-0.2, -0.15) is 0 Å². The minimum absolute atomic E-state index is 0.545. The molecule has 6 nitrogen and oxygen atoms in total. The van der Waals surface area contributed by atoms with E-state index < -0.39 is 22.3 Å². The Labute approximate surface area is 119 Å². The molecule has 0 fully saturated rings. The lowest BCUT2D eigenvalue weighted by atomic mass is 10.2. The Morgan fingerprint density at radius 1 is 0.579 bits per heavy atom. The smallest absolute Gasteiger partial charge is 0.377 e. The van der Waals surface area contributed by atoms with Gasteiger partial charge in [-0.05, 0) is 12.8 Å². The van der Waals surface area contributed by atoms with Crippen LogP contribution in [0.2, 0.25) is 4.66 Å². The fourth-order valence-electron chi connectivity index (χ4n) is 2.98. The Bertz CT molecular complexity index is 213. The van der Waals surface area contributed by atoms with Crippen LogP contribution in [-0.4, -0.2) is 60.3 Å². The second kappa shape index (κ2) is 7.84. The van der Waals surface area contributed by atoms with E-state index in [1.54, 1.807) is 42.7 Å².